The zero-order valence-electron chi connectivity index (χ0n) is 16.1. The predicted octanol–water partition coefficient (Wildman–Crippen LogP) is 2.92. The van der Waals surface area contributed by atoms with E-state index in [-0.39, 0.29) is 11.5 Å². The van der Waals surface area contributed by atoms with Gasteiger partial charge >= 0.3 is 0 Å². The molecule has 0 radical (unpaired) electrons. The molecular formula is C22H26N4O2. The third-order valence-electron chi connectivity index (χ3n) is 5.61. The second-order valence-corrected chi connectivity index (χ2v) is 7.62. The molecule has 1 aromatic carbocycles. The lowest BCUT2D eigenvalue weighted by Crippen LogP contribution is -2.48. The average Bonchev–Trinajstić information content (AvgIpc) is 3.02. The normalized spacial score (nSPS) is 22.6. The Balaban J connectivity index is 1.65. The highest BCUT2D eigenvalue weighted by Gasteiger charge is 2.40. The molecule has 3 heterocycles. The molecule has 0 aliphatic carbocycles. The molecule has 0 bridgehead atoms. The van der Waals surface area contributed by atoms with Crippen LogP contribution in [0.15, 0.2) is 55.6 Å². The van der Waals surface area contributed by atoms with Crippen molar-refractivity contribution in [3.63, 3.8) is 0 Å². The minimum Gasteiger partial charge on any atom is -0.485 e. The van der Waals surface area contributed by atoms with Gasteiger partial charge in [0.25, 0.3) is 5.91 Å². The number of carbonyl (C=O) groups is 1. The fourth-order valence-corrected chi connectivity index (χ4v) is 4.19. The van der Waals surface area contributed by atoms with Gasteiger partial charge in [-0.05, 0) is 25.5 Å². The third kappa shape index (κ3) is 3.92. The van der Waals surface area contributed by atoms with Crippen molar-refractivity contribution in [2.45, 2.75) is 31.4 Å². The number of amides is 1. The van der Waals surface area contributed by atoms with Crippen molar-refractivity contribution in [1.82, 2.24) is 19.8 Å². The van der Waals surface area contributed by atoms with Crippen LogP contribution < -0.4 is 4.74 Å². The summed E-state index contributed by atoms with van der Waals surface area (Å²) in [6.45, 7) is 7.81. The fourth-order valence-electron chi connectivity index (χ4n) is 4.19. The van der Waals surface area contributed by atoms with Gasteiger partial charge in [0, 0.05) is 44.0 Å². The van der Waals surface area contributed by atoms with Crippen LogP contribution in [0.5, 0.6) is 5.75 Å². The summed E-state index contributed by atoms with van der Waals surface area (Å²) in [6, 6.07) is 8.04. The van der Waals surface area contributed by atoms with Crippen molar-refractivity contribution in [2.75, 3.05) is 26.2 Å². The van der Waals surface area contributed by atoms with Crippen LogP contribution in [0.3, 0.4) is 0 Å². The number of para-hydroxylation sites is 1. The molecule has 2 aromatic rings. The van der Waals surface area contributed by atoms with Crippen molar-refractivity contribution in [3.8, 4) is 5.75 Å². The van der Waals surface area contributed by atoms with E-state index in [1.807, 2.05) is 35.2 Å². The molecule has 28 heavy (non-hydrogen) atoms. The number of nitrogens with zero attached hydrogens (tertiary/aromatic N) is 4. The first-order valence-electron chi connectivity index (χ1n) is 9.84. The van der Waals surface area contributed by atoms with Gasteiger partial charge in [0.2, 0.25) is 0 Å². The van der Waals surface area contributed by atoms with Gasteiger partial charge in [0.1, 0.15) is 17.7 Å². The quantitative estimate of drug-likeness (QED) is 0.769. The standard InChI is InChI=1S/C22H26N4O2/c1-2-10-25-11-5-8-22(9-12-25)16-26(21(27)19-13-23-17-24-14-19)15-18-6-3-4-7-20(18)28-22/h2-4,6-7,13-14,17H,1,5,8-12,15-16H2. The zero-order chi connectivity index (χ0) is 19.4. The van der Waals surface area contributed by atoms with Gasteiger partial charge in [-0.3, -0.25) is 9.69 Å². The van der Waals surface area contributed by atoms with E-state index < -0.39 is 0 Å². The summed E-state index contributed by atoms with van der Waals surface area (Å²) < 4.78 is 6.63. The van der Waals surface area contributed by atoms with Crippen molar-refractivity contribution >= 4 is 5.91 Å². The lowest BCUT2D eigenvalue weighted by Gasteiger charge is -2.35. The van der Waals surface area contributed by atoms with Gasteiger partial charge in [-0.25, -0.2) is 9.97 Å². The molecule has 1 amide bonds. The molecule has 1 saturated heterocycles. The van der Waals surface area contributed by atoms with Crippen molar-refractivity contribution in [2.24, 2.45) is 0 Å². The van der Waals surface area contributed by atoms with Crippen LogP contribution in [-0.4, -0.2) is 57.5 Å². The maximum absolute atomic E-state index is 13.2. The van der Waals surface area contributed by atoms with Gasteiger partial charge < -0.3 is 9.64 Å². The third-order valence-corrected chi connectivity index (χ3v) is 5.61. The van der Waals surface area contributed by atoms with E-state index >= 15 is 0 Å². The zero-order valence-corrected chi connectivity index (χ0v) is 16.1. The van der Waals surface area contributed by atoms with Crippen LogP contribution in [-0.2, 0) is 6.54 Å². The summed E-state index contributed by atoms with van der Waals surface area (Å²) in [5.74, 6) is 0.840. The van der Waals surface area contributed by atoms with Crippen LogP contribution in [0.25, 0.3) is 0 Å². The molecule has 2 aliphatic rings. The van der Waals surface area contributed by atoms with E-state index in [2.05, 4.69) is 21.4 Å². The number of hydrogen-bond donors (Lipinski definition) is 0. The largest absolute Gasteiger partial charge is 0.485 e. The minimum atomic E-state index is -0.381. The molecule has 2 aliphatic heterocycles. The molecule has 4 rings (SSSR count). The highest BCUT2D eigenvalue weighted by molar-refractivity contribution is 5.93. The first-order valence-corrected chi connectivity index (χ1v) is 9.84. The topological polar surface area (TPSA) is 58.6 Å². The first-order chi connectivity index (χ1) is 13.7. The van der Waals surface area contributed by atoms with Crippen LogP contribution in [0, 0.1) is 0 Å². The second kappa shape index (κ2) is 8.10. The Morgan fingerprint density at radius 1 is 1.21 bits per heavy atom. The Kier molecular flexibility index (Phi) is 5.39. The van der Waals surface area contributed by atoms with E-state index in [4.69, 9.17) is 4.74 Å². The van der Waals surface area contributed by atoms with Crippen molar-refractivity contribution in [1.29, 1.82) is 0 Å². The Bertz CT molecular complexity index is 841. The summed E-state index contributed by atoms with van der Waals surface area (Å²) >= 11 is 0. The van der Waals surface area contributed by atoms with Crippen LogP contribution in [0.2, 0.25) is 0 Å². The molecule has 1 atom stereocenters. The number of fused-ring (bicyclic) bond motifs is 1. The number of ether oxygens (including phenoxy) is 1. The highest BCUT2D eigenvalue weighted by atomic mass is 16.5. The van der Waals surface area contributed by atoms with E-state index in [9.17, 15) is 4.79 Å². The Morgan fingerprint density at radius 3 is 2.86 bits per heavy atom. The lowest BCUT2D eigenvalue weighted by molar-refractivity contribution is 0.0217. The predicted molar refractivity (Wildman–Crippen MR) is 107 cm³/mol. The average molecular weight is 378 g/mol. The van der Waals surface area contributed by atoms with Gasteiger partial charge in [-0.1, -0.05) is 24.3 Å². The maximum atomic E-state index is 13.2. The van der Waals surface area contributed by atoms with E-state index in [1.54, 1.807) is 12.4 Å². The van der Waals surface area contributed by atoms with E-state index in [1.165, 1.54) is 6.33 Å². The number of carbonyl (C=O) groups excluding carboxylic acids is 1. The molecule has 6 heteroatoms. The minimum absolute atomic E-state index is 0.0486. The molecule has 1 fully saturated rings. The van der Waals surface area contributed by atoms with Crippen molar-refractivity contribution in [3.05, 3.63) is 66.8 Å². The molecule has 0 N–H and O–H groups in total. The Hall–Kier alpha value is -2.73. The number of benzene rings is 1. The first kappa shape index (κ1) is 18.6. The fraction of sp³-hybridized carbons (Fsp3) is 0.409. The van der Waals surface area contributed by atoms with Crippen LogP contribution in [0.4, 0.5) is 0 Å². The van der Waals surface area contributed by atoms with Crippen molar-refractivity contribution < 1.29 is 9.53 Å². The molecular weight excluding hydrogens is 352 g/mol. The molecule has 1 spiro atoms. The molecule has 1 aromatic heterocycles. The van der Waals surface area contributed by atoms with E-state index in [0.717, 1.165) is 50.2 Å². The lowest BCUT2D eigenvalue weighted by atomic mass is 9.93. The van der Waals surface area contributed by atoms with Gasteiger partial charge in [0.05, 0.1) is 12.1 Å². The Labute approximate surface area is 165 Å². The summed E-state index contributed by atoms with van der Waals surface area (Å²) in [5, 5.41) is 0. The number of rotatable bonds is 3. The number of aromatic nitrogens is 2. The summed E-state index contributed by atoms with van der Waals surface area (Å²) in [5.41, 5.74) is 1.17. The maximum Gasteiger partial charge on any atom is 0.257 e. The monoisotopic (exact) mass is 378 g/mol. The number of likely N-dealkylation sites (tertiary alicyclic amines) is 1. The SMILES string of the molecule is C=CCN1CCCC2(CC1)CN(C(=O)c1cncnc1)Cc1ccccc1O2. The van der Waals surface area contributed by atoms with E-state index in [0.29, 0.717) is 18.7 Å². The van der Waals surface area contributed by atoms with Crippen LogP contribution >= 0.6 is 0 Å². The Morgan fingerprint density at radius 2 is 2.04 bits per heavy atom. The molecule has 146 valence electrons. The van der Waals surface area contributed by atoms with Gasteiger partial charge in [-0.15, -0.1) is 6.58 Å². The summed E-state index contributed by atoms with van der Waals surface area (Å²) in [6.07, 6.45) is 9.39. The molecule has 0 saturated carbocycles. The van der Waals surface area contributed by atoms with Crippen LogP contribution in [0.1, 0.15) is 35.2 Å². The number of hydrogen-bond acceptors (Lipinski definition) is 5. The second-order valence-electron chi connectivity index (χ2n) is 7.62. The van der Waals surface area contributed by atoms with Gasteiger partial charge in [-0.2, -0.15) is 0 Å². The smallest absolute Gasteiger partial charge is 0.257 e. The summed E-state index contributed by atoms with van der Waals surface area (Å²) in [7, 11) is 0. The summed E-state index contributed by atoms with van der Waals surface area (Å²) in [4.78, 5) is 25.5. The molecule has 1 unspecified atom stereocenters. The molecule has 6 nitrogen and oxygen atoms in total. The van der Waals surface area contributed by atoms with Gasteiger partial charge in [0.15, 0.2) is 0 Å². The highest BCUT2D eigenvalue weighted by Crippen LogP contribution is 2.36.